The summed E-state index contributed by atoms with van der Waals surface area (Å²) in [5.41, 5.74) is -1.31. The van der Waals surface area contributed by atoms with Gasteiger partial charge in [0.15, 0.2) is 6.17 Å². The molecule has 35 heavy (non-hydrogen) atoms. The number of aromatic nitrogens is 2. The number of esters is 1. The maximum Gasteiger partial charge on any atom is 0.447 e. The number of anilines is 1. The van der Waals surface area contributed by atoms with Gasteiger partial charge in [-0.15, -0.1) is 4.74 Å². The number of ether oxygens (including phenoxy) is 1. The summed E-state index contributed by atoms with van der Waals surface area (Å²) in [5, 5.41) is 0.692. The van der Waals surface area contributed by atoms with Crippen molar-refractivity contribution in [2.45, 2.75) is 32.0 Å². The molecule has 0 bridgehead atoms. The van der Waals surface area contributed by atoms with Crippen molar-refractivity contribution in [1.29, 1.82) is 0 Å². The lowest BCUT2D eigenvalue weighted by atomic mass is 10.00. The van der Waals surface area contributed by atoms with E-state index < -0.39 is 35.2 Å². The van der Waals surface area contributed by atoms with E-state index in [1.54, 1.807) is 50.2 Å². The van der Waals surface area contributed by atoms with Gasteiger partial charge in [-0.2, -0.15) is 4.57 Å². The van der Waals surface area contributed by atoms with Crippen LogP contribution in [0.2, 0.25) is 10.0 Å². The molecule has 1 aliphatic heterocycles. The summed E-state index contributed by atoms with van der Waals surface area (Å²) in [6, 6.07) is 12.2. The number of carbonyl (C=O) groups excluding carboxylic acids is 2. The number of nitrogens with zero attached hydrogens (tertiary/aromatic N) is 4. The van der Waals surface area contributed by atoms with E-state index in [1.165, 1.54) is 29.0 Å². The van der Waals surface area contributed by atoms with Crippen LogP contribution in [0, 0.1) is 0 Å². The lowest BCUT2D eigenvalue weighted by molar-refractivity contribution is -0.141. The van der Waals surface area contributed by atoms with Crippen LogP contribution in [0.3, 0.4) is 0 Å². The summed E-state index contributed by atoms with van der Waals surface area (Å²) < 4.78 is 11.8. The first-order valence-electron chi connectivity index (χ1n) is 10.6. The minimum absolute atomic E-state index is 0.0139. The van der Waals surface area contributed by atoms with Gasteiger partial charge in [0.25, 0.3) is 0 Å². The molecule has 0 spiro atoms. The van der Waals surface area contributed by atoms with Crippen molar-refractivity contribution in [1.82, 2.24) is 14.2 Å². The molecule has 1 saturated heterocycles. The van der Waals surface area contributed by atoms with Crippen molar-refractivity contribution in [3.63, 3.8) is 0 Å². The Morgan fingerprint density at radius 3 is 2.23 bits per heavy atom. The number of amides is 2. The normalized spacial score (nSPS) is 17.2. The molecule has 1 unspecified atom stereocenters. The van der Waals surface area contributed by atoms with Crippen molar-refractivity contribution in [3.05, 3.63) is 79.6 Å². The Labute approximate surface area is 209 Å². The van der Waals surface area contributed by atoms with Gasteiger partial charge < -0.3 is 14.2 Å². The van der Waals surface area contributed by atoms with Crippen LogP contribution in [-0.2, 0) is 9.53 Å². The molecule has 1 aliphatic rings. The summed E-state index contributed by atoms with van der Waals surface area (Å²) in [6.45, 7) is 3.43. The van der Waals surface area contributed by atoms with Crippen LogP contribution in [0.1, 0.15) is 26.4 Å². The van der Waals surface area contributed by atoms with Crippen LogP contribution in [0.4, 0.5) is 10.5 Å². The van der Waals surface area contributed by atoms with E-state index in [1.807, 2.05) is 0 Å². The SMILES string of the molecule is COC(=O)CCN1C(=O)N(c2cccc(Cl)c2)C(n2oc(=O)n(-c3cccc(Cl)c3)c2=O)C1(C)C. The maximum absolute atomic E-state index is 13.6. The van der Waals surface area contributed by atoms with Gasteiger partial charge in [-0.25, -0.2) is 14.4 Å². The molecule has 0 N–H and O–H groups in total. The molecule has 2 heterocycles. The molecule has 1 fully saturated rings. The quantitative estimate of drug-likeness (QED) is 0.458. The highest BCUT2D eigenvalue weighted by atomic mass is 35.5. The number of benzene rings is 2. The zero-order chi connectivity index (χ0) is 25.5. The monoisotopic (exact) mass is 520 g/mol. The Kier molecular flexibility index (Phi) is 6.52. The van der Waals surface area contributed by atoms with Crippen molar-refractivity contribution in [2.24, 2.45) is 0 Å². The lowest BCUT2D eigenvalue weighted by Gasteiger charge is -2.33. The van der Waals surface area contributed by atoms with Crippen LogP contribution in [0.15, 0.2) is 62.6 Å². The van der Waals surface area contributed by atoms with E-state index in [2.05, 4.69) is 0 Å². The van der Waals surface area contributed by atoms with Gasteiger partial charge >= 0.3 is 23.4 Å². The predicted molar refractivity (Wildman–Crippen MR) is 129 cm³/mol. The Morgan fingerprint density at radius 2 is 1.63 bits per heavy atom. The van der Waals surface area contributed by atoms with Gasteiger partial charge in [0, 0.05) is 22.3 Å². The third-order valence-corrected chi connectivity index (χ3v) is 6.36. The van der Waals surface area contributed by atoms with Gasteiger partial charge in [0.2, 0.25) is 0 Å². The van der Waals surface area contributed by atoms with E-state index >= 15 is 0 Å². The average Bonchev–Trinajstić information content (AvgIpc) is 3.19. The first-order valence-corrected chi connectivity index (χ1v) is 11.4. The Balaban J connectivity index is 1.88. The largest absolute Gasteiger partial charge is 0.469 e. The molecule has 0 saturated carbocycles. The van der Waals surface area contributed by atoms with Gasteiger partial charge in [0.1, 0.15) is 0 Å². The summed E-state index contributed by atoms with van der Waals surface area (Å²) in [4.78, 5) is 54.4. The fourth-order valence-electron chi connectivity index (χ4n) is 4.22. The van der Waals surface area contributed by atoms with Gasteiger partial charge in [-0.3, -0.25) is 9.69 Å². The molecule has 10 nitrogen and oxygen atoms in total. The highest BCUT2D eigenvalue weighted by Gasteiger charge is 2.55. The predicted octanol–water partition coefficient (Wildman–Crippen LogP) is 3.68. The summed E-state index contributed by atoms with van der Waals surface area (Å²) in [7, 11) is 1.26. The molecule has 0 radical (unpaired) electrons. The number of rotatable bonds is 6. The number of halogens is 2. The van der Waals surface area contributed by atoms with Crippen LogP contribution in [0.25, 0.3) is 5.69 Å². The average molecular weight is 521 g/mol. The Bertz CT molecular complexity index is 1410. The van der Waals surface area contributed by atoms with Crippen molar-refractivity contribution < 1.29 is 18.8 Å². The van der Waals surface area contributed by atoms with E-state index in [-0.39, 0.29) is 18.7 Å². The van der Waals surface area contributed by atoms with Crippen molar-refractivity contribution in [2.75, 3.05) is 18.6 Å². The molecule has 2 amide bonds. The second kappa shape index (κ2) is 9.27. The number of hydrogen-bond donors (Lipinski definition) is 0. The van der Waals surface area contributed by atoms with Crippen molar-refractivity contribution >= 4 is 40.9 Å². The third kappa shape index (κ3) is 4.35. The summed E-state index contributed by atoms with van der Waals surface area (Å²) in [5.74, 6) is -1.44. The maximum atomic E-state index is 13.6. The third-order valence-electron chi connectivity index (χ3n) is 5.89. The molecule has 12 heteroatoms. The molecule has 184 valence electrons. The molecule has 2 aromatic carbocycles. The molecular formula is C23H22Cl2N4O6. The van der Waals surface area contributed by atoms with Crippen molar-refractivity contribution in [3.8, 4) is 5.69 Å². The zero-order valence-corrected chi connectivity index (χ0v) is 20.6. The van der Waals surface area contributed by atoms with Gasteiger partial charge in [-0.05, 0) is 50.2 Å². The van der Waals surface area contributed by atoms with E-state index in [0.29, 0.717) is 15.7 Å². The number of carbonyl (C=O) groups is 2. The molecule has 1 aromatic heterocycles. The van der Waals surface area contributed by atoms with Crippen LogP contribution in [-0.4, -0.2) is 45.4 Å². The molecular weight excluding hydrogens is 499 g/mol. The number of urea groups is 1. The number of hydrogen-bond acceptors (Lipinski definition) is 6. The number of methoxy groups -OCH3 is 1. The van der Waals surface area contributed by atoms with Crippen LogP contribution in [0.5, 0.6) is 0 Å². The summed E-state index contributed by atoms with van der Waals surface area (Å²) in [6.07, 6.45) is -1.16. The van der Waals surface area contributed by atoms with Gasteiger partial charge in [-0.1, -0.05) is 35.3 Å². The van der Waals surface area contributed by atoms with Crippen LogP contribution >= 0.6 is 23.2 Å². The topological polar surface area (TPSA) is 107 Å². The smallest absolute Gasteiger partial charge is 0.447 e. The Morgan fingerprint density at radius 1 is 1.03 bits per heavy atom. The second-order valence-corrected chi connectivity index (χ2v) is 9.29. The summed E-state index contributed by atoms with van der Waals surface area (Å²) >= 11 is 12.2. The molecule has 0 aliphatic carbocycles. The molecule has 3 aromatic rings. The van der Waals surface area contributed by atoms with Crippen LogP contribution < -0.4 is 16.3 Å². The van der Waals surface area contributed by atoms with E-state index in [9.17, 15) is 19.2 Å². The first-order chi connectivity index (χ1) is 16.6. The lowest BCUT2D eigenvalue weighted by Crippen LogP contribution is -2.47. The minimum Gasteiger partial charge on any atom is -0.469 e. The van der Waals surface area contributed by atoms with E-state index in [4.69, 9.17) is 32.5 Å². The fraction of sp³-hybridized carbons (Fsp3) is 0.304. The fourth-order valence-corrected chi connectivity index (χ4v) is 4.59. The zero-order valence-electron chi connectivity index (χ0n) is 19.1. The second-order valence-electron chi connectivity index (χ2n) is 8.42. The molecule has 4 rings (SSSR count). The molecule has 1 atom stereocenters. The minimum atomic E-state index is -1.10. The van der Waals surface area contributed by atoms with E-state index in [0.717, 1.165) is 9.31 Å². The highest BCUT2D eigenvalue weighted by Crippen LogP contribution is 2.42. The standard InChI is InChI=1S/C23H22Cl2N4O6/c1-23(2)19(29-21(32)28(22(33)35-29)17-9-5-7-15(25)13-17)27(16-8-4-6-14(24)12-16)20(31)26(23)11-10-18(30)34-3/h4-9,12-13,19H,10-11H2,1-3H3. The highest BCUT2D eigenvalue weighted by molar-refractivity contribution is 6.31. The first kappa shape index (κ1) is 24.6. The van der Waals surface area contributed by atoms with Gasteiger partial charge in [0.05, 0.1) is 24.8 Å². The Hall–Kier alpha value is -3.50.